The molecule has 0 saturated carbocycles. The van der Waals surface area contributed by atoms with E-state index in [9.17, 15) is 13.2 Å². The lowest BCUT2D eigenvalue weighted by atomic mass is 10.1. The van der Waals surface area contributed by atoms with E-state index in [0.29, 0.717) is 5.69 Å². The molecule has 2 aromatic rings. The number of benzene rings is 1. The van der Waals surface area contributed by atoms with Gasteiger partial charge in [-0.25, -0.2) is 4.98 Å². The van der Waals surface area contributed by atoms with E-state index in [1.165, 1.54) is 0 Å². The Bertz CT molecular complexity index is 639. The molecule has 20 heavy (non-hydrogen) atoms. The van der Waals surface area contributed by atoms with Crippen LogP contribution in [0.2, 0.25) is 5.15 Å². The molecule has 1 aromatic heterocycles. The van der Waals surface area contributed by atoms with Gasteiger partial charge in [0.25, 0.3) is 0 Å². The monoisotopic (exact) mass is 300 g/mol. The van der Waals surface area contributed by atoms with Crippen LogP contribution in [-0.2, 0) is 6.18 Å². The van der Waals surface area contributed by atoms with Crippen molar-refractivity contribution < 1.29 is 13.2 Å². The van der Waals surface area contributed by atoms with E-state index in [1.807, 2.05) is 26.0 Å². The third-order valence-corrected chi connectivity index (χ3v) is 3.18. The second-order valence-corrected chi connectivity index (χ2v) is 4.82. The van der Waals surface area contributed by atoms with Crippen molar-refractivity contribution in [2.24, 2.45) is 0 Å². The van der Waals surface area contributed by atoms with Crippen LogP contribution in [0, 0.1) is 13.8 Å². The molecule has 0 amide bonds. The molecule has 2 rings (SSSR count). The molecule has 0 spiro atoms. The highest BCUT2D eigenvalue weighted by Crippen LogP contribution is 2.33. The molecule has 0 atom stereocenters. The first-order chi connectivity index (χ1) is 9.27. The van der Waals surface area contributed by atoms with Crippen molar-refractivity contribution in [2.75, 3.05) is 5.32 Å². The van der Waals surface area contributed by atoms with Crippen molar-refractivity contribution in [3.63, 3.8) is 0 Å². The summed E-state index contributed by atoms with van der Waals surface area (Å²) in [4.78, 5) is 3.87. The maximum absolute atomic E-state index is 12.7. The molecule has 0 aliphatic rings. The van der Waals surface area contributed by atoms with E-state index in [1.54, 1.807) is 6.07 Å². The average molecular weight is 301 g/mol. The summed E-state index contributed by atoms with van der Waals surface area (Å²) < 4.78 is 38.1. The molecule has 6 heteroatoms. The molecule has 1 heterocycles. The molecule has 0 saturated heterocycles. The van der Waals surface area contributed by atoms with Gasteiger partial charge in [0.2, 0.25) is 0 Å². The Labute approximate surface area is 119 Å². The quantitative estimate of drug-likeness (QED) is 0.779. The largest absolute Gasteiger partial charge is 0.416 e. The summed E-state index contributed by atoms with van der Waals surface area (Å²) in [6.07, 6.45) is -4.45. The molecular formula is C14H12ClF3N2. The molecule has 1 N–H and O–H groups in total. The van der Waals surface area contributed by atoms with E-state index in [2.05, 4.69) is 10.3 Å². The van der Waals surface area contributed by atoms with Gasteiger partial charge in [-0.1, -0.05) is 23.7 Å². The standard InChI is InChI=1S/C14H12ClF3N2/c1-8-4-3-5-11(9(8)2)19-13-7-10(14(16,17)18)6-12(15)20-13/h3-7H,1-2H3,(H,19,20). The molecule has 0 unspecified atom stereocenters. The van der Waals surface area contributed by atoms with Crippen LogP contribution in [0.1, 0.15) is 16.7 Å². The van der Waals surface area contributed by atoms with E-state index in [4.69, 9.17) is 11.6 Å². The summed E-state index contributed by atoms with van der Waals surface area (Å²) in [7, 11) is 0. The minimum absolute atomic E-state index is 0.0681. The average Bonchev–Trinajstić information content (AvgIpc) is 2.33. The zero-order valence-electron chi connectivity index (χ0n) is 10.8. The minimum Gasteiger partial charge on any atom is -0.340 e. The Balaban J connectivity index is 2.39. The van der Waals surface area contributed by atoms with Crippen molar-refractivity contribution in [1.82, 2.24) is 4.98 Å². The smallest absolute Gasteiger partial charge is 0.340 e. The van der Waals surface area contributed by atoms with Crippen LogP contribution in [0.15, 0.2) is 30.3 Å². The number of halogens is 4. The van der Waals surface area contributed by atoms with E-state index in [0.717, 1.165) is 23.3 Å². The number of aryl methyl sites for hydroxylation is 1. The highest BCUT2D eigenvalue weighted by molar-refractivity contribution is 6.29. The summed E-state index contributed by atoms with van der Waals surface area (Å²) in [6.45, 7) is 3.81. The zero-order valence-corrected chi connectivity index (χ0v) is 11.6. The number of nitrogens with zero attached hydrogens (tertiary/aromatic N) is 1. The van der Waals surface area contributed by atoms with Crippen molar-refractivity contribution >= 4 is 23.1 Å². The summed E-state index contributed by atoms with van der Waals surface area (Å²) in [6, 6.07) is 7.26. The molecule has 0 radical (unpaired) electrons. The van der Waals surface area contributed by atoms with Crippen LogP contribution in [0.3, 0.4) is 0 Å². The molecular weight excluding hydrogens is 289 g/mol. The molecule has 1 aromatic carbocycles. The van der Waals surface area contributed by atoms with Crippen LogP contribution in [0.5, 0.6) is 0 Å². The molecule has 0 aliphatic heterocycles. The molecule has 0 aliphatic carbocycles. The Hall–Kier alpha value is -1.75. The molecule has 106 valence electrons. The topological polar surface area (TPSA) is 24.9 Å². The Kier molecular flexibility index (Phi) is 3.90. The third kappa shape index (κ3) is 3.22. The van der Waals surface area contributed by atoms with Crippen LogP contribution in [0.25, 0.3) is 0 Å². The molecule has 0 bridgehead atoms. The fourth-order valence-electron chi connectivity index (χ4n) is 1.75. The number of hydrogen-bond donors (Lipinski definition) is 1. The van der Waals surface area contributed by atoms with Gasteiger partial charge >= 0.3 is 6.18 Å². The number of alkyl halides is 3. The molecule has 0 fully saturated rings. The number of hydrogen-bond acceptors (Lipinski definition) is 2. The number of anilines is 2. The Morgan fingerprint density at radius 1 is 1.15 bits per heavy atom. The van der Waals surface area contributed by atoms with Gasteiger partial charge in [0.1, 0.15) is 11.0 Å². The summed E-state index contributed by atoms with van der Waals surface area (Å²) >= 11 is 5.64. The minimum atomic E-state index is -4.45. The van der Waals surface area contributed by atoms with Crippen molar-refractivity contribution in [3.05, 3.63) is 52.2 Å². The van der Waals surface area contributed by atoms with Gasteiger partial charge in [-0.2, -0.15) is 13.2 Å². The second kappa shape index (κ2) is 5.32. The van der Waals surface area contributed by atoms with Crippen molar-refractivity contribution in [1.29, 1.82) is 0 Å². The second-order valence-electron chi connectivity index (χ2n) is 4.43. The third-order valence-electron chi connectivity index (χ3n) is 2.99. The number of nitrogens with one attached hydrogen (secondary N) is 1. The van der Waals surface area contributed by atoms with Gasteiger partial charge in [-0.05, 0) is 43.2 Å². The lowest BCUT2D eigenvalue weighted by molar-refractivity contribution is -0.137. The highest BCUT2D eigenvalue weighted by atomic mass is 35.5. The fourth-order valence-corrected chi connectivity index (χ4v) is 1.96. The summed E-state index contributed by atoms with van der Waals surface area (Å²) in [5.41, 5.74) is 1.86. The van der Waals surface area contributed by atoms with E-state index >= 15 is 0 Å². The lowest BCUT2D eigenvalue weighted by Crippen LogP contribution is -2.07. The van der Waals surface area contributed by atoms with Crippen LogP contribution < -0.4 is 5.32 Å². The summed E-state index contributed by atoms with van der Waals surface area (Å²) in [5.74, 6) is 0.0681. The van der Waals surface area contributed by atoms with E-state index in [-0.39, 0.29) is 11.0 Å². The van der Waals surface area contributed by atoms with Crippen LogP contribution in [0.4, 0.5) is 24.7 Å². The zero-order chi connectivity index (χ0) is 14.9. The first-order valence-electron chi connectivity index (χ1n) is 5.85. The number of aromatic nitrogens is 1. The predicted octanol–water partition coefficient (Wildman–Crippen LogP) is 5.11. The summed E-state index contributed by atoms with van der Waals surface area (Å²) in [5, 5.41) is 2.67. The predicted molar refractivity (Wildman–Crippen MR) is 73.4 cm³/mol. The lowest BCUT2D eigenvalue weighted by Gasteiger charge is -2.13. The Morgan fingerprint density at radius 2 is 1.85 bits per heavy atom. The van der Waals surface area contributed by atoms with Gasteiger partial charge in [0.05, 0.1) is 5.56 Å². The van der Waals surface area contributed by atoms with Gasteiger partial charge in [0.15, 0.2) is 0 Å². The first-order valence-corrected chi connectivity index (χ1v) is 6.23. The van der Waals surface area contributed by atoms with Gasteiger partial charge in [0, 0.05) is 5.69 Å². The molecule has 2 nitrogen and oxygen atoms in total. The number of pyridine rings is 1. The Morgan fingerprint density at radius 3 is 2.50 bits per heavy atom. The SMILES string of the molecule is Cc1cccc(Nc2cc(C(F)(F)F)cc(Cl)n2)c1C. The van der Waals surface area contributed by atoms with Gasteiger partial charge in [-0.15, -0.1) is 0 Å². The first kappa shape index (κ1) is 14.7. The maximum atomic E-state index is 12.7. The van der Waals surface area contributed by atoms with Crippen LogP contribution >= 0.6 is 11.6 Å². The normalized spacial score (nSPS) is 11.5. The highest BCUT2D eigenvalue weighted by Gasteiger charge is 2.31. The maximum Gasteiger partial charge on any atom is 0.416 e. The van der Waals surface area contributed by atoms with E-state index < -0.39 is 11.7 Å². The van der Waals surface area contributed by atoms with Crippen molar-refractivity contribution in [3.8, 4) is 0 Å². The van der Waals surface area contributed by atoms with Gasteiger partial charge in [-0.3, -0.25) is 0 Å². The number of rotatable bonds is 2. The fraction of sp³-hybridized carbons (Fsp3) is 0.214. The van der Waals surface area contributed by atoms with Gasteiger partial charge < -0.3 is 5.32 Å². The van der Waals surface area contributed by atoms with Crippen molar-refractivity contribution in [2.45, 2.75) is 20.0 Å². The van der Waals surface area contributed by atoms with Crippen LogP contribution in [-0.4, -0.2) is 4.98 Å².